The second-order valence-electron chi connectivity index (χ2n) is 2.88. The summed E-state index contributed by atoms with van der Waals surface area (Å²) in [6.07, 6.45) is 1.76. The molecule has 64 valence electrons. The molecule has 0 atom stereocenters. The summed E-state index contributed by atoms with van der Waals surface area (Å²) >= 11 is 11.7. The Morgan fingerprint density at radius 3 is 2.67 bits per heavy atom. The largest absolute Gasteiger partial charge is 0.315 e. The van der Waals surface area contributed by atoms with Gasteiger partial charge in [0, 0.05) is 30.2 Å². The highest BCUT2D eigenvalue weighted by molar-refractivity contribution is 6.34. The number of hydrogen-bond donors (Lipinski definition) is 1. The Morgan fingerprint density at radius 1 is 1.42 bits per heavy atom. The molecule has 0 unspecified atom stereocenters. The summed E-state index contributed by atoms with van der Waals surface area (Å²) < 4.78 is 0. The number of hydrogen-bond acceptors (Lipinski definition) is 2. The third-order valence-electron chi connectivity index (χ3n) is 2.07. The fourth-order valence-corrected chi connectivity index (χ4v) is 1.75. The predicted octanol–water partition coefficient (Wildman–Crippen LogP) is 2.08. The first-order valence-electron chi connectivity index (χ1n) is 3.79. The Hall–Kier alpha value is -0.310. The van der Waals surface area contributed by atoms with Crippen LogP contribution in [0.25, 0.3) is 0 Å². The summed E-state index contributed by atoms with van der Waals surface area (Å²) in [5.74, 6) is 0.516. The van der Waals surface area contributed by atoms with E-state index in [9.17, 15) is 0 Å². The van der Waals surface area contributed by atoms with Crippen molar-refractivity contribution in [1.29, 1.82) is 0 Å². The topological polar surface area (TPSA) is 24.9 Å². The lowest BCUT2D eigenvalue weighted by Crippen LogP contribution is -2.40. The smallest absolute Gasteiger partial charge is 0.130 e. The molecular formula is C8H8Cl2N2. The van der Waals surface area contributed by atoms with E-state index in [1.165, 1.54) is 0 Å². The van der Waals surface area contributed by atoms with Crippen LogP contribution in [0.4, 0.5) is 0 Å². The van der Waals surface area contributed by atoms with Gasteiger partial charge in [-0.25, -0.2) is 4.98 Å². The van der Waals surface area contributed by atoms with Crippen LogP contribution in [0.5, 0.6) is 0 Å². The molecule has 1 aliphatic heterocycles. The number of rotatable bonds is 1. The van der Waals surface area contributed by atoms with Gasteiger partial charge in [-0.15, -0.1) is 0 Å². The summed E-state index contributed by atoms with van der Waals surface area (Å²) in [6.45, 7) is 1.98. The Bertz CT molecular complexity index is 297. The quantitative estimate of drug-likeness (QED) is 0.706. The molecule has 1 aromatic rings. The van der Waals surface area contributed by atoms with Crippen molar-refractivity contribution in [3.05, 3.63) is 28.0 Å². The lowest BCUT2D eigenvalue weighted by Gasteiger charge is -2.27. The average Bonchev–Trinajstić information content (AvgIpc) is 1.91. The third-order valence-corrected chi connectivity index (χ3v) is 2.60. The maximum Gasteiger partial charge on any atom is 0.130 e. The maximum atomic E-state index is 5.98. The van der Waals surface area contributed by atoms with Crippen LogP contribution < -0.4 is 5.32 Å². The minimum absolute atomic E-state index is 0.455. The second-order valence-corrected chi connectivity index (χ2v) is 3.68. The van der Waals surface area contributed by atoms with Gasteiger partial charge >= 0.3 is 0 Å². The van der Waals surface area contributed by atoms with Gasteiger partial charge in [-0.3, -0.25) is 0 Å². The van der Waals surface area contributed by atoms with Crippen molar-refractivity contribution in [1.82, 2.24) is 10.3 Å². The van der Waals surface area contributed by atoms with E-state index in [-0.39, 0.29) is 0 Å². The van der Waals surface area contributed by atoms with Gasteiger partial charge in [0.05, 0.1) is 0 Å². The monoisotopic (exact) mass is 202 g/mol. The van der Waals surface area contributed by atoms with Crippen LogP contribution >= 0.6 is 23.2 Å². The van der Waals surface area contributed by atoms with E-state index >= 15 is 0 Å². The first-order valence-corrected chi connectivity index (χ1v) is 4.54. The van der Waals surface area contributed by atoms with E-state index in [4.69, 9.17) is 23.2 Å². The molecule has 0 spiro atoms. The van der Waals surface area contributed by atoms with Gasteiger partial charge in [0.1, 0.15) is 5.15 Å². The lowest BCUT2D eigenvalue weighted by atomic mass is 9.95. The first-order chi connectivity index (χ1) is 5.77. The van der Waals surface area contributed by atoms with Crippen molar-refractivity contribution in [2.45, 2.75) is 5.92 Å². The van der Waals surface area contributed by atoms with Crippen molar-refractivity contribution < 1.29 is 0 Å². The number of halogens is 2. The van der Waals surface area contributed by atoms with Gasteiger partial charge in [-0.05, 0) is 11.6 Å². The molecule has 0 aliphatic carbocycles. The van der Waals surface area contributed by atoms with Crippen LogP contribution in [-0.2, 0) is 0 Å². The van der Waals surface area contributed by atoms with Crippen molar-refractivity contribution in [3.8, 4) is 0 Å². The average molecular weight is 203 g/mol. The normalized spacial score (nSPS) is 17.5. The van der Waals surface area contributed by atoms with Gasteiger partial charge in [-0.2, -0.15) is 0 Å². The Labute approximate surface area is 80.9 Å². The third kappa shape index (κ3) is 1.42. The zero-order valence-corrected chi connectivity index (χ0v) is 7.86. The molecule has 1 aromatic heterocycles. The number of nitrogens with zero attached hydrogens (tertiary/aromatic N) is 1. The Balaban J connectivity index is 2.31. The van der Waals surface area contributed by atoms with Crippen LogP contribution in [0, 0.1) is 0 Å². The molecule has 0 radical (unpaired) electrons. The summed E-state index contributed by atoms with van der Waals surface area (Å²) in [4.78, 5) is 4.00. The van der Waals surface area contributed by atoms with E-state index in [0.29, 0.717) is 11.1 Å². The van der Waals surface area contributed by atoms with Gasteiger partial charge in [0.25, 0.3) is 0 Å². The highest BCUT2D eigenvalue weighted by Crippen LogP contribution is 2.27. The Kier molecular flexibility index (Phi) is 2.22. The van der Waals surface area contributed by atoms with Gasteiger partial charge in [-0.1, -0.05) is 23.2 Å². The molecule has 1 fully saturated rings. The predicted molar refractivity (Wildman–Crippen MR) is 49.9 cm³/mol. The van der Waals surface area contributed by atoms with Gasteiger partial charge < -0.3 is 5.32 Å². The molecule has 1 saturated heterocycles. The van der Waals surface area contributed by atoms with Crippen LogP contribution in [0.1, 0.15) is 11.5 Å². The number of pyridine rings is 1. The zero-order chi connectivity index (χ0) is 8.55. The molecule has 12 heavy (non-hydrogen) atoms. The van der Waals surface area contributed by atoms with Crippen molar-refractivity contribution in [3.63, 3.8) is 0 Å². The molecule has 0 bridgehead atoms. The molecule has 0 amide bonds. The lowest BCUT2D eigenvalue weighted by molar-refractivity contribution is 0.447. The molecule has 2 rings (SSSR count). The van der Waals surface area contributed by atoms with Crippen molar-refractivity contribution in [2.75, 3.05) is 13.1 Å². The Morgan fingerprint density at radius 2 is 2.17 bits per heavy atom. The number of aromatic nitrogens is 1. The van der Waals surface area contributed by atoms with E-state index < -0.39 is 0 Å². The van der Waals surface area contributed by atoms with Crippen LogP contribution in [0.2, 0.25) is 10.2 Å². The molecule has 0 saturated carbocycles. The molecule has 2 nitrogen and oxygen atoms in total. The minimum Gasteiger partial charge on any atom is -0.315 e. The van der Waals surface area contributed by atoms with E-state index in [2.05, 4.69) is 10.3 Å². The van der Waals surface area contributed by atoms with Crippen LogP contribution in [-0.4, -0.2) is 18.1 Å². The number of nitrogens with one attached hydrogen (secondary N) is 1. The van der Waals surface area contributed by atoms with E-state index in [0.717, 1.165) is 23.7 Å². The SMILES string of the molecule is Clc1cc(Cl)c(C2CNC2)cn1. The molecule has 1 aliphatic rings. The van der Waals surface area contributed by atoms with Crippen LogP contribution in [0.15, 0.2) is 12.3 Å². The first kappa shape index (κ1) is 8.30. The molecule has 0 aromatic carbocycles. The van der Waals surface area contributed by atoms with Gasteiger partial charge in [0.15, 0.2) is 0 Å². The van der Waals surface area contributed by atoms with Crippen LogP contribution in [0.3, 0.4) is 0 Å². The second kappa shape index (κ2) is 3.21. The minimum atomic E-state index is 0.455. The molecule has 1 N–H and O–H groups in total. The van der Waals surface area contributed by atoms with Crippen molar-refractivity contribution >= 4 is 23.2 Å². The van der Waals surface area contributed by atoms with E-state index in [1.807, 2.05) is 0 Å². The summed E-state index contributed by atoms with van der Waals surface area (Å²) in [6, 6.07) is 1.69. The van der Waals surface area contributed by atoms with Crippen molar-refractivity contribution in [2.24, 2.45) is 0 Å². The fourth-order valence-electron chi connectivity index (χ4n) is 1.23. The van der Waals surface area contributed by atoms with Gasteiger partial charge in [0.2, 0.25) is 0 Å². The summed E-state index contributed by atoms with van der Waals surface area (Å²) in [5.41, 5.74) is 1.10. The fraction of sp³-hybridized carbons (Fsp3) is 0.375. The molecular weight excluding hydrogens is 195 g/mol. The highest BCUT2D eigenvalue weighted by Gasteiger charge is 2.21. The summed E-state index contributed by atoms with van der Waals surface area (Å²) in [7, 11) is 0. The molecule has 2 heterocycles. The zero-order valence-electron chi connectivity index (χ0n) is 6.35. The summed E-state index contributed by atoms with van der Waals surface area (Å²) in [5, 5.41) is 4.36. The standard InChI is InChI=1S/C8H8Cl2N2/c9-7-1-8(10)12-4-6(7)5-2-11-3-5/h1,4-5,11H,2-3H2. The van der Waals surface area contributed by atoms with E-state index in [1.54, 1.807) is 12.3 Å². The molecule has 4 heteroatoms. The highest BCUT2D eigenvalue weighted by atomic mass is 35.5. The maximum absolute atomic E-state index is 5.98.